The topological polar surface area (TPSA) is 24.5 Å². The standard InChI is InChI=1S/C17H28N2O/c1-3-4-12-19(15-8-6-5-7-9-15)14-17-11-10-16(20-17)13-18-2/h5-9,16-18H,3-4,10-14H2,1-2H3. The maximum atomic E-state index is 6.13. The van der Waals surface area contributed by atoms with Gasteiger partial charge in [-0.15, -0.1) is 0 Å². The first-order valence-electron chi connectivity index (χ1n) is 7.93. The Balaban J connectivity index is 1.91. The summed E-state index contributed by atoms with van der Waals surface area (Å²) in [6, 6.07) is 10.7. The molecule has 1 heterocycles. The molecule has 0 aromatic heterocycles. The van der Waals surface area contributed by atoms with Crippen LogP contribution in [0.4, 0.5) is 5.69 Å². The highest BCUT2D eigenvalue weighted by atomic mass is 16.5. The van der Waals surface area contributed by atoms with Gasteiger partial charge in [0, 0.05) is 25.3 Å². The van der Waals surface area contributed by atoms with Gasteiger partial charge in [0.25, 0.3) is 0 Å². The van der Waals surface area contributed by atoms with Crippen LogP contribution >= 0.6 is 0 Å². The van der Waals surface area contributed by atoms with E-state index >= 15 is 0 Å². The summed E-state index contributed by atoms with van der Waals surface area (Å²) in [5.41, 5.74) is 1.32. The maximum Gasteiger partial charge on any atom is 0.0755 e. The van der Waals surface area contributed by atoms with Gasteiger partial charge in [0.1, 0.15) is 0 Å². The third kappa shape index (κ3) is 4.50. The first-order valence-corrected chi connectivity index (χ1v) is 7.93. The molecule has 0 radical (unpaired) electrons. The van der Waals surface area contributed by atoms with Gasteiger partial charge in [0.15, 0.2) is 0 Å². The maximum absolute atomic E-state index is 6.13. The number of hydrogen-bond acceptors (Lipinski definition) is 3. The van der Waals surface area contributed by atoms with E-state index in [0.29, 0.717) is 12.2 Å². The highest BCUT2D eigenvalue weighted by Crippen LogP contribution is 2.23. The molecule has 3 nitrogen and oxygen atoms in total. The zero-order valence-electron chi connectivity index (χ0n) is 12.8. The molecule has 0 bridgehead atoms. The van der Waals surface area contributed by atoms with E-state index in [2.05, 4.69) is 47.5 Å². The third-order valence-corrected chi connectivity index (χ3v) is 3.95. The Labute approximate surface area is 123 Å². The molecule has 1 aliphatic heterocycles. The van der Waals surface area contributed by atoms with Crippen molar-refractivity contribution in [3.63, 3.8) is 0 Å². The second-order valence-corrected chi connectivity index (χ2v) is 5.65. The summed E-state index contributed by atoms with van der Waals surface area (Å²) in [6.45, 7) is 5.36. The number of ether oxygens (including phenoxy) is 1. The molecular formula is C17H28N2O. The average molecular weight is 276 g/mol. The number of nitrogens with one attached hydrogen (secondary N) is 1. The Bertz CT molecular complexity index is 369. The molecule has 0 spiro atoms. The summed E-state index contributed by atoms with van der Waals surface area (Å²) in [5.74, 6) is 0. The number of benzene rings is 1. The Morgan fingerprint density at radius 3 is 2.65 bits per heavy atom. The SMILES string of the molecule is CCCCN(CC1CCC(CNC)O1)c1ccccc1. The van der Waals surface area contributed by atoms with Crippen molar-refractivity contribution in [3.05, 3.63) is 30.3 Å². The fourth-order valence-electron chi connectivity index (χ4n) is 2.85. The summed E-state index contributed by atoms with van der Waals surface area (Å²) < 4.78 is 6.13. The van der Waals surface area contributed by atoms with Gasteiger partial charge in [-0.1, -0.05) is 31.5 Å². The molecule has 0 saturated carbocycles. The summed E-state index contributed by atoms with van der Waals surface area (Å²) >= 11 is 0. The number of rotatable bonds is 8. The van der Waals surface area contributed by atoms with Gasteiger partial charge >= 0.3 is 0 Å². The van der Waals surface area contributed by atoms with Crippen LogP contribution in [-0.4, -0.2) is 38.9 Å². The first-order chi connectivity index (χ1) is 9.83. The number of para-hydroxylation sites is 1. The summed E-state index contributed by atoms with van der Waals surface area (Å²) in [6.07, 6.45) is 5.61. The fraction of sp³-hybridized carbons (Fsp3) is 0.647. The average Bonchev–Trinajstić information content (AvgIpc) is 2.92. The predicted octanol–water partition coefficient (Wildman–Crippen LogP) is 3.06. The van der Waals surface area contributed by atoms with Gasteiger partial charge in [0.05, 0.1) is 12.2 Å². The summed E-state index contributed by atoms with van der Waals surface area (Å²) in [5, 5.41) is 3.21. The highest BCUT2D eigenvalue weighted by molar-refractivity contribution is 5.46. The number of anilines is 1. The zero-order valence-corrected chi connectivity index (χ0v) is 12.8. The van der Waals surface area contributed by atoms with Gasteiger partial charge in [-0.2, -0.15) is 0 Å². The van der Waals surface area contributed by atoms with E-state index < -0.39 is 0 Å². The molecule has 0 aliphatic carbocycles. The minimum Gasteiger partial charge on any atom is -0.372 e. The lowest BCUT2D eigenvalue weighted by Gasteiger charge is -2.28. The number of unbranched alkanes of at least 4 members (excludes halogenated alkanes) is 1. The molecule has 1 N–H and O–H groups in total. The van der Waals surface area contributed by atoms with Crippen LogP contribution in [0.25, 0.3) is 0 Å². The monoisotopic (exact) mass is 276 g/mol. The van der Waals surface area contributed by atoms with E-state index in [1.807, 2.05) is 7.05 Å². The third-order valence-electron chi connectivity index (χ3n) is 3.95. The first kappa shape index (κ1) is 15.3. The van der Waals surface area contributed by atoms with Crippen molar-refractivity contribution in [1.29, 1.82) is 0 Å². The highest BCUT2D eigenvalue weighted by Gasteiger charge is 2.26. The molecule has 2 rings (SSSR count). The number of likely N-dealkylation sites (N-methyl/N-ethyl adjacent to an activating group) is 1. The lowest BCUT2D eigenvalue weighted by Crippen LogP contribution is -2.34. The van der Waals surface area contributed by atoms with Crippen LogP contribution in [0.5, 0.6) is 0 Å². The Hall–Kier alpha value is -1.06. The molecule has 2 unspecified atom stereocenters. The van der Waals surface area contributed by atoms with E-state index in [9.17, 15) is 0 Å². The summed E-state index contributed by atoms with van der Waals surface area (Å²) in [4.78, 5) is 2.48. The van der Waals surface area contributed by atoms with Crippen LogP contribution in [0.15, 0.2) is 30.3 Å². The molecule has 20 heavy (non-hydrogen) atoms. The molecule has 0 amide bonds. The van der Waals surface area contributed by atoms with Crippen molar-refractivity contribution in [2.75, 3.05) is 31.6 Å². The van der Waals surface area contributed by atoms with E-state index in [0.717, 1.165) is 19.6 Å². The van der Waals surface area contributed by atoms with Gasteiger partial charge in [-0.3, -0.25) is 0 Å². The van der Waals surface area contributed by atoms with Gasteiger partial charge in [-0.05, 0) is 38.4 Å². The van der Waals surface area contributed by atoms with Crippen molar-refractivity contribution in [2.24, 2.45) is 0 Å². The number of hydrogen-bond donors (Lipinski definition) is 1. The second-order valence-electron chi connectivity index (χ2n) is 5.65. The normalized spacial score (nSPS) is 22.1. The van der Waals surface area contributed by atoms with Crippen LogP contribution < -0.4 is 10.2 Å². The number of nitrogens with zero attached hydrogens (tertiary/aromatic N) is 1. The Kier molecular flexibility index (Phi) is 6.34. The van der Waals surface area contributed by atoms with Crippen molar-refractivity contribution in [1.82, 2.24) is 5.32 Å². The van der Waals surface area contributed by atoms with Crippen molar-refractivity contribution in [3.8, 4) is 0 Å². The minimum absolute atomic E-state index is 0.380. The van der Waals surface area contributed by atoms with Crippen molar-refractivity contribution >= 4 is 5.69 Å². The molecule has 3 heteroatoms. The molecule has 2 atom stereocenters. The molecule has 1 aromatic carbocycles. The lowest BCUT2D eigenvalue weighted by molar-refractivity contribution is 0.0504. The molecule has 1 aromatic rings. The Morgan fingerprint density at radius 1 is 1.20 bits per heavy atom. The lowest BCUT2D eigenvalue weighted by atomic mass is 10.1. The fourth-order valence-corrected chi connectivity index (χ4v) is 2.85. The van der Waals surface area contributed by atoms with Gasteiger partial charge in [0.2, 0.25) is 0 Å². The molecule has 1 fully saturated rings. The van der Waals surface area contributed by atoms with Gasteiger partial charge in [-0.25, -0.2) is 0 Å². The largest absolute Gasteiger partial charge is 0.372 e. The van der Waals surface area contributed by atoms with Crippen LogP contribution in [-0.2, 0) is 4.74 Å². The Morgan fingerprint density at radius 2 is 1.95 bits per heavy atom. The van der Waals surface area contributed by atoms with E-state index in [1.54, 1.807) is 0 Å². The molecule has 1 saturated heterocycles. The smallest absolute Gasteiger partial charge is 0.0755 e. The quantitative estimate of drug-likeness (QED) is 0.790. The van der Waals surface area contributed by atoms with Crippen LogP contribution in [0.1, 0.15) is 32.6 Å². The van der Waals surface area contributed by atoms with Crippen molar-refractivity contribution < 1.29 is 4.74 Å². The minimum atomic E-state index is 0.380. The van der Waals surface area contributed by atoms with Crippen LogP contribution in [0.2, 0.25) is 0 Å². The predicted molar refractivity (Wildman–Crippen MR) is 85.4 cm³/mol. The van der Waals surface area contributed by atoms with E-state index in [4.69, 9.17) is 4.74 Å². The molecule has 1 aliphatic rings. The second kappa shape index (κ2) is 8.28. The molecule has 112 valence electrons. The molecular weight excluding hydrogens is 248 g/mol. The van der Waals surface area contributed by atoms with E-state index in [-0.39, 0.29) is 0 Å². The zero-order chi connectivity index (χ0) is 14.2. The van der Waals surface area contributed by atoms with Crippen molar-refractivity contribution in [2.45, 2.75) is 44.8 Å². The van der Waals surface area contributed by atoms with Gasteiger partial charge < -0.3 is 15.0 Å². The van der Waals surface area contributed by atoms with E-state index in [1.165, 1.54) is 31.4 Å². The van der Waals surface area contributed by atoms with Crippen LogP contribution in [0, 0.1) is 0 Å². The summed E-state index contributed by atoms with van der Waals surface area (Å²) in [7, 11) is 1.99. The van der Waals surface area contributed by atoms with Crippen LogP contribution in [0.3, 0.4) is 0 Å².